The van der Waals surface area contributed by atoms with E-state index in [1.807, 2.05) is 30.5 Å². The molecule has 0 spiro atoms. The largest absolute Gasteiger partial charge is 0.506 e. The van der Waals surface area contributed by atoms with Crippen LogP contribution in [0.5, 0.6) is 5.75 Å². The first-order valence-electron chi connectivity index (χ1n) is 5.57. The van der Waals surface area contributed by atoms with Gasteiger partial charge in [0.25, 0.3) is 0 Å². The molecular formula is C14H13N3O. The van der Waals surface area contributed by atoms with Crippen LogP contribution in [-0.2, 0) is 0 Å². The molecule has 90 valence electrons. The molecule has 0 amide bonds. The second kappa shape index (κ2) is 4.33. The summed E-state index contributed by atoms with van der Waals surface area (Å²) < 4.78 is 0. The van der Waals surface area contributed by atoms with Gasteiger partial charge in [-0.1, -0.05) is 6.07 Å². The number of nitrogens with zero attached hydrogens (tertiary/aromatic N) is 2. The lowest BCUT2D eigenvalue weighted by Gasteiger charge is -2.06. The number of rotatable bonds is 2. The summed E-state index contributed by atoms with van der Waals surface area (Å²) in [6, 6.07) is 11.3. The van der Waals surface area contributed by atoms with E-state index in [2.05, 4.69) is 15.3 Å². The Morgan fingerprint density at radius 2 is 1.94 bits per heavy atom. The van der Waals surface area contributed by atoms with Gasteiger partial charge < -0.3 is 10.4 Å². The predicted octanol–water partition coefficient (Wildman–Crippen LogP) is 3.33. The molecule has 3 rings (SSSR count). The first kappa shape index (κ1) is 10.5. The summed E-state index contributed by atoms with van der Waals surface area (Å²) in [5.41, 5.74) is 0.951. The Labute approximate surface area is 105 Å². The number of fused-ring (bicyclic) bond motifs is 1. The third-order valence-corrected chi connectivity index (χ3v) is 2.66. The molecule has 0 aliphatic heterocycles. The first-order chi connectivity index (χ1) is 8.81. The van der Waals surface area contributed by atoms with Gasteiger partial charge in [0.2, 0.25) is 0 Å². The lowest BCUT2D eigenvalue weighted by atomic mass is 10.1. The Morgan fingerprint density at radius 1 is 1.00 bits per heavy atom. The summed E-state index contributed by atoms with van der Waals surface area (Å²) in [4.78, 5) is 8.16. The lowest BCUT2D eigenvalue weighted by molar-refractivity contribution is 0.473. The maximum atomic E-state index is 9.17. The molecule has 0 unspecified atom stereocenters. The maximum absolute atomic E-state index is 9.17. The molecule has 0 saturated heterocycles. The second-order valence-electron chi connectivity index (χ2n) is 3.96. The standard InChI is InChI=1S/C14H11N3O.H2/c18-13-3-4-14(16-9-13)17-12-2-1-11-8-15-6-5-10(11)7-12;/h1-9,18H,(H,16,17);1H. The van der Waals surface area contributed by atoms with Crippen LogP contribution in [0.15, 0.2) is 55.0 Å². The highest BCUT2D eigenvalue weighted by Crippen LogP contribution is 2.21. The van der Waals surface area contributed by atoms with Gasteiger partial charge in [-0.25, -0.2) is 4.98 Å². The Balaban J connectivity index is 0.00000133. The molecule has 0 aliphatic carbocycles. The quantitative estimate of drug-likeness (QED) is 0.720. The van der Waals surface area contributed by atoms with Crippen molar-refractivity contribution < 1.29 is 6.53 Å². The molecule has 3 aromatic rings. The minimum Gasteiger partial charge on any atom is -0.506 e. The SMILES string of the molecule is Oc1ccc(Nc2ccc3cnccc3c2)nc1.[HH]. The molecule has 0 radical (unpaired) electrons. The zero-order valence-electron chi connectivity index (χ0n) is 9.54. The molecule has 18 heavy (non-hydrogen) atoms. The topological polar surface area (TPSA) is 58.0 Å². The summed E-state index contributed by atoms with van der Waals surface area (Å²) in [7, 11) is 0. The van der Waals surface area contributed by atoms with Gasteiger partial charge in [0.05, 0.1) is 6.20 Å². The van der Waals surface area contributed by atoms with E-state index in [9.17, 15) is 0 Å². The highest BCUT2D eigenvalue weighted by molar-refractivity contribution is 5.85. The normalized spacial score (nSPS) is 10.4. The molecule has 2 N–H and O–H groups in total. The molecule has 0 saturated carbocycles. The zero-order chi connectivity index (χ0) is 12.4. The van der Waals surface area contributed by atoms with Gasteiger partial charge in [-0.15, -0.1) is 0 Å². The Morgan fingerprint density at radius 3 is 2.78 bits per heavy atom. The Hall–Kier alpha value is -2.62. The molecule has 2 aromatic heterocycles. The number of hydrogen-bond acceptors (Lipinski definition) is 4. The lowest BCUT2D eigenvalue weighted by Crippen LogP contribution is -1.92. The minimum atomic E-state index is 0. The molecular weight excluding hydrogens is 226 g/mol. The van der Waals surface area contributed by atoms with Crippen molar-refractivity contribution in [1.82, 2.24) is 9.97 Å². The predicted molar refractivity (Wildman–Crippen MR) is 73.0 cm³/mol. The number of aromatic hydroxyl groups is 1. The van der Waals surface area contributed by atoms with Crippen LogP contribution in [0.3, 0.4) is 0 Å². The van der Waals surface area contributed by atoms with Gasteiger partial charge in [-0.2, -0.15) is 0 Å². The third-order valence-electron chi connectivity index (χ3n) is 2.66. The monoisotopic (exact) mass is 239 g/mol. The van der Waals surface area contributed by atoms with E-state index in [0.717, 1.165) is 16.5 Å². The van der Waals surface area contributed by atoms with Crippen molar-refractivity contribution in [3.63, 3.8) is 0 Å². The van der Waals surface area contributed by atoms with Crippen LogP contribution in [-0.4, -0.2) is 15.1 Å². The molecule has 4 heteroatoms. The van der Waals surface area contributed by atoms with Crippen LogP contribution in [0.1, 0.15) is 1.43 Å². The smallest absolute Gasteiger partial charge is 0.134 e. The van der Waals surface area contributed by atoms with E-state index in [-0.39, 0.29) is 7.18 Å². The number of benzene rings is 1. The highest BCUT2D eigenvalue weighted by atomic mass is 16.3. The van der Waals surface area contributed by atoms with Crippen molar-refractivity contribution in [3.8, 4) is 5.75 Å². The van der Waals surface area contributed by atoms with Crippen LogP contribution in [0.4, 0.5) is 11.5 Å². The van der Waals surface area contributed by atoms with Crippen LogP contribution in [0.25, 0.3) is 10.8 Å². The van der Waals surface area contributed by atoms with Crippen molar-refractivity contribution in [2.75, 3.05) is 5.32 Å². The second-order valence-corrected chi connectivity index (χ2v) is 3.96. The van der Waals surface area contributed by atoms with E-state index in [0.29, 0.717) is 5.82 Å². The molecule has 0 fully saturated rings. The van der Waals surface area contributed by atoms with Crippen molar-refractivity contribution in [2.24, 2.45) is 0 Å². The molecule has 2 heterocycles. The minimum absolute atomic E-state index is 0. The molecule has 0 atom stereocenters. The van der Waals surface area contributed by atoms with Crippen molar-refractivity contribution >= 4 is 22.3 Å². The van der Waals surface area contributed by atoms with Crippen molar-refractivity contribution in [3.05, 3.63) is 55.0 Å². The van der Waals surface area contributed by atoms with Crippen LogP contribution in [0, 0.1) is 0 Å². The number of hydrogen-bond donors (Lipinski definition) is 2. The number of aromatic nitrogens is 2. The Kier molecular flexibility index (Phi) is 2.53. The van der Waals surface area contributed by atoms with Gasteiger partial charge in [0.15, 0.2) is 0 Å². The average Bonchev–Trinajstić information content (AvgIpc) is 2.41. The average molecular weight is 239 g/mol. The summed E-state index contributed by atoms with van der Waals surface area (Å²) in [6.45, 7) is 0. The van der Waals surface area contributed by atoms with Crippen molar-refractivity contribution in [1.29, 1.82) is 0 Å². The zero-order valence-corrected chi connectivity index (χ0v) is 9.54. The van der Waals surface area contributed by atoms with Crippen LogP contribution >= 0.6 is 0 Å². The van der Waals surface area contributed by atoms with Gasteiger partial charge >= 0.3 is 0 Å². The fraction of sp³-hybridized carbons (Fsp3) is 0. The van der Waals surface area contributed by atoms with Crippen LogP contribution < -0.4 is 5.32 Å². The van der Waals surface area contributed by atoms with Gasteiger partial charge in [0, 0.05) is 24.9 Å². The van der Waals surface area contributed by atoms with E-state index in [4.69, 9.17) is 5.11 Å². The molecule has 0 bridgehead atoms. The Bertz CT molecular complexity index is 686. The van der Waals surface area contributed by atoms with Crippen LogP contribution in [0.2, 0.25) is 0 Å². The number of anilines is 2. The number of nitrogens with one attached hydrogen (secondary N) is 1. The van der Waals surface area contributed by atoms with E-state index in [1.54, 1.807) is 18.3 Å². The number of pyridine rings is 2. The summed E-state index contributed by atoms with van der Waals surface area (Å²) in [6.07, 6.45) is 5.01. The fourth-order valence-corrected chi connectivity index (χ4v) is 1.77. The summed E-state index contributed by atoms with van der Waals surface area (Å²) in [5.74, 6) is 0.853. The first-order valence-corrected chi connectivity index (χ1v) is 5.57. The highest BCUT2D eigenvalue weighted by Gasteiger charge is 1.98. The fourth-order valence-electron chi connectivity index (χ4n) is 1.77. The summed E-state index contributed by atoms with van der Waals surface area (Å²) in [5, 5.41) is 14.6. The molecule has 1 aromatic carbocycles. The van der Waals surface area contributed by atoms with Gasteiger partial charge in [0.1, 0.15) is 11.6 Å². The van der Waals surface area contributed by atoms with E-state index >= 15 is 0 Å². The molecule has 4 nitrogen and oxygen atoms in total. The van der Waals surface area contributed by atoms with E-state index < -0.39 is 0 Å². The van der Waals surface area contributed by atoms with Crippen molar-refractivity contribution in [2.45, 2.75) is 0 Å². The maximum Gasteiger partial charge on any atom is 0.134 e. The third kappa shape index (κ3) is 2.08. The van der Waals surface area contributed by atoms with Gasteiger partial charge in [-0.05, 0) is 35.7 Å². The van der Waals surface area contributed by atoms with Gasteiger partial charge in [-0.3, -0.25) is 4.98 Å². The van der Waals surface area contributed by atoms with E-state index in [1.165, 1.54) is 6.20 Å². The molecule has 0 aliphatic rings. The summed E-state index contributed by atoms with van der Waals surface area (Å²) >= 11 is 0.